The molecular weight excluding hydrogens is 250 g/mol. The van der Waals surface area contributed by atoms with E-state index in [4.69, 9.17) is 0 Å². The number of carbonyl (C=O) groups is 1. The number of hydrogen-bond acceptors (Lipinski definition) is 5. The first-order chi connectivity index (χ1) is 8.58. The minimum atomic E-state index is -0.508. The summed E-state index contributed by atoms with van der Waals surface area (Å²) in [5.41, 5.74) is 0.396. The normalized spacial score (nSPS) is 14.0. The zero-order valence-corrected chi connectivity index (χ0v) is 11.9. The van der Waals surface area contributed by atoms with Crippen molar-refractivity contribution in [2.45, 2.75) is 33.3 Å². The molecule has 0 aliphatic carbocycles. The minimum Gasteiger partial charge on any atom is -0.391 e. The van der Waals surface area contributed by atoms with E-state index >= 15 is 0 Å². The molecule has 0 radical (unpaired) electrons. The van der Waals surface area contributed by atoms with Crippen molar-refractivity contribution in [3.8, 4) is 0 Å². The molecule has 0 fully saturated rings. The quantitative estimate of drug-likeness (QED) is 0.706. The smallest absolute Gasteiger partial charge is 0.270 e. The van der Waals surface area contributed by atoms with Gasteiger partial charge in [0.2, 0.25) is 0 Å². The number of amides is 1. The molecule has 1 aromatic rings. The van der Waals surface area contributed by atoms with Crippen LogP contribution in [0.5, 0.6) is 0 Å². The van der Waals surface area contributed by atoms with Gasteiger partial charge in [-0.1, -0.05) is 20.3 Å². The second-order valence-corrected chi connectivity index (χ2v) is 5.09. The number of nitrogens with one attached hydrogen (secondary N) is 2. The van der Waals surface area contributed by atoms with Gasteiger partial charge < -0.3 is 15.7 Å². The van der Waals surface area contributed by atoms with Crippen molar-refractivity contribution in [3.05, 3.63) is 11.1 Å². The number of aliphatic hydroxyl groups is 1. The lowest BCUT2D eigenvalue weighted by Crippen LogP contribution is -2.35. The van der Waals surface area contributed by atoms with Crippen molar-refractivity contribution in [1.82, 2.24) is 10.3 Å². The second-order valence-electron chi connectivity index (χ2n) is 4.23. The van der Waals surface area contributed by atoms with Gasteiger partial charge in [-0.3, -0.25) is 4.79 Å². The summed E-state index contributed by atoms with van der Waals surface area (Å²) < 4.78 is 0. The number of hydrogen-bond donors (Lipinski definition) is 3. The number of nitrogens with zero attached hydrogens (tertiary/aromatic N) is 1. The zero-order chi connectivity index (χ0) is 13.5. The van der Waals surface area contributed by atoms with Crippen molar-refractivity contribution in [3.63, 3.8) is 0 Å². The molecule has 2 atom stereocenters. The van der Waals surface area contributed by atoms with E-state index in [-0.39, 0.29) is 18.4 Å². The van der Waals surface area contributed by atoms with Gasteiger partial charge in [-0.25, -0.2) is 4.98 Å². The molecule has 0 spiro atoms. The Morgan fingerprint density at radius 2 is 2.28 bits per heavy atom. The summed E-state index contributed by atoms with van der Waals surface area (Å²) in [6, 6.07) is 0. The molecule has 1 heterocycles. The highest BCUT2D eigenvalue weighted by atomic mass is 32.1. The van der Waals surface area contributed by atoms with Gasteiger partial charge >= 0.3 is 0 Å². The van der Waals surface area contributed by atoms with Crippen LogP contribution in [0.15, 0.2) is 5.38 Å². The summed E-state index contributed by atoms with van der Waals surface area (Å²) in [7, 11) is 0. The average molecular weight is 271 g/mol. The standard InChI is InChI=1S/C12H21N3O2S/c1-4-8(3)10(16)6-14-11(17)9-7-18-12(15-9)13-5-2/h7-8,10,16H,4-6H2,1-3H3,(H,13,15)(H,14,17). The fourth-order valence-corrected chi connectivity index (χ4v) is 2.13. The molecule has 0 aliphatic heterocycles. The van der Waals surface area contributed by atoms with Gasteiger partial charge in [-0.05, 0) is 12.8 Å². The first kappa shape index (κ1) is 14.9. The Hall–Kier alpha value is -1.14. The third kappa shape index (κ3) is 4.27. The number of anilines is 1. The van der Waals surface area contributed by atoms with Crippen LogP contribution in [-0.2, 0) is 0 Å². The molecular formula is C12H21N3O2S. The molecule has 0 bridgehead atoms. The highest BCUT2D eigenvalue weighted by Crippen LogP contribution is 2.15. The predicted octanol–water partition coefficient (Wildman–Crippen LogP) is 1.71. The molecule has 0 aromatic carbocycles. The molecule has 1 rings (SSSR count). The van der Waals surface area contributed by atoms with Crippen LogP contribution in [0.4, 0.5) is 5.13 Å². The van der Waals surface area contributed by atoms with Gasteiger partial charge in [0, 0.05) is 18.5 Å². The Balaban J connectivity index is 2.44. The van der Waals surface area contributed by atoms with Gasteiger partial charge in [-0.15, -0.1) is 11.3 Å². The Labute approximate surface area is 112 Å². The lowest BCUT2D eigenvalue weighted by atomic mass is 10.0. The monoisotopic (exact) mass is 271 g/mol. The summed E-state index contributed by atoms with van der Waals surface area (Å²) in [6.45, 7) is 6.99. The van der Waals surface area contributed by atoms with Crippen LogP contribution in [0, 0.1) is 5.92 Å². The van der Waals surface area contributed by atoms with Crippen LogP contribution in [0.3, 0.4) is 0 Å². The molecule has 3 N–H and O–H groups in total. The third-order valence-corrected chi connectivity index (χ3v) is 3.64. The lowest BCUT2D eigenvalue weighted by molar-refractivity contribution is 0.0846. The van der Waals surface area contributed by atoms with Crippen LogP contribution in [0.2, 0.25) is 0 Å². The highest BCUT2D eigenvalue weighted by molar-refractivity contribution is 7.13. The molecule has 2 unspecified atom stereocenters. The van der Waals surface area contributed by atoms with E-state index in [2.05, 4.69) is 15.6 Å². The maximum absolute atomic E-state index is 11.8. The Morgan fingerprint density at radius 1 is 1.56 bits per heavy atom. The zero-order valence-electron chi connectivity index (χ0n) is 11.1. The first-order valence-corrected chi connectivity index (χ1v) is 7.12. The highest BCUT2D eigenvalue weighted by Gasteiger charge is 2.15. The van der Waals surface area contributed by atoms with Gasteiger partial charge in [0.1, 0.15) is 5.69 Å². The Kier molecular flexibility index (Phi) is 6.07. The number of aliphatic hydroxyl groups excluding tert-OH is 1. The second kappa shape index (κ2) is 7.33. The van der Waals surface area contributed by atoms with Gasteiger partial charge in [0.05, 0.1) is 6.10 Å². The molecule has 6 heteroatoms. The van der Waals surface area contributed by atoms with Crippen molar-refractivity contribution in [1.29, 1.82) is 0 Å². The molecule has 0 saturated carbocycles. The van der Waals surface area contributed by atoms with Crippen molar-refractivity contribution in [2.24, 2.45) is 5.92 Å². The summed E-state index contributed by atoms with van der Waals surface area (Å²) in [4.78, 5) is 15.9. The Bertz CT molecular complexity index is 381. The summed E-state index contributed by atoms with van der Waals surface area (Å²) in [5.74, 6) is -0.0594. The summed E-state index contributed by atoms with van der Waals surface area (Å²) >= 11 is 1.40. The average Bonchev–Trinajstić information content (AvgIpc) is 2.83. The first-order valence-electron chi connectivity index (χ1n) is 6.24. The van der Waals surface area contributed by atoms with Crippen molar-refractivity contribution < 1.29 is 9.90 Å². The van der Waals surface area contributed by atoms with Crippen molar-refractivity contribution in [2.75, 3.05) is 18.4 Å². The number of thiazole rings is 1. The fraction of sp³-hybridized carbons (Fsp3) is 0.667. The van der Waals surface area contributed by atoms with Gasteiger partial charge in [0.25, 0.3) is 5.91 Å². The summed E-state index contributed by atoms with van der Waals surface area (Å²) in [6.07, 6.45) is 0.379. The molecule has 102 valence electrons. The van der Waals surface area contributed by atoms with E-state index in [0.29, 0.717) is 5.69 Å². The molecule has 5 nitrogen and oxygen atoms in total. The maximum Gasteiger partial charge on any atom is 0.270 e. The predicted molar refractivity (Wildman–Crippen MR) is 74.1 cm³/mol. The third-order valence-electron chi connectivity index (χ3n) is 2.84. The maximum atomic E-state index is 11.8. The van der Waals surface area contributed by atoms with E-state index in [1.807, 2.05) is 20.8 Å². The van der Waals surface area contributed by atoms with Crippen LogP contribution in [0.25, 0.3) is 0 Å². The van der Waals surface area contributed by atoms with E-state index < -0.39 is 6.10 Å². The number of aromatic nitrogens is 1. The number of rotatable bonds is 7. The SMILES string of the molecule is CCNc1nc(C(=O)NCC(O)C(C)CC)cs1. The molecule has 1 amide bonds. The van der Waals surface area contributed by atoms with E-state index in [1.54, 1.807) is 5.38 Å². The number of carbonyl (C=O) groups excluding carboxylic acids is 1. The molecule has 18 heavy (non-hydrogen) atoms. The summed E-state index contributed by atoms with van der Waals surface area (Å²) in [5, 5.41) is 18.0. The van der Waals surface area contributed by atoms with E-state index in [0.717, 1.165) is 18.1 Å². The largest absolute Gasteiger partial charge is 0.391 e. The Morgan fingerprint density at radius 3 is 2.89 bits per heavy atom. The molecule has 0 aliphatic rings. The molecule has 1 aromatic heterocycles. The van der Waals surface area contributed by atoms with Crippen LogP contribution in [0.1, 0.15) is 37.7 Å². The topological polar surface area (TPSA) is 74.2 Å². The molecule has 0 saturated heterocycles. The van der Waals surface area contributed by atoms with Gasteiger partial charge in [0.15, 0.2) is 5.13 Å². The van der Waals surface area contributed by atoms with Crippen LogP contribution >= 0.6 is 11.3 Å². The lowest BCUT2D eigenvalue weighted by Gasteiger charge is -2.17. The van der Waals surface area contributed by atoms with Crippen LogP contribution in [-0.4, -0.2) is 35.2 Å². The van der Waals surface area contributed by atoms with Gasteiger partial charge in [-0.2, -0.15) is 0 Å². The fourth-order valence-electron chi connectivity index (χ4n) is 1.37. The van der Waals surface area contributed by atoms with E-state index in [9.17, 15) is 9.90 Å². The van der Waals surface area contributed by atoms with E-state index in [1.165, 1.54) is 11.3 Å². The minimum absolute atomic E-state index is 0.179. The van der Waals surface area contributed by atoms with Crippen molar-refractivity contribution >= 4 is 22.4 Å². The van der Waals surface area contributed by atoms with Crippen LogP contribution < -0.4 is 10.6 Å².